The second-order valence-electron chi connectivity index (χ2n) is 2.48. The van der Waals surface area contributed by atoms with Crippen molar-refractivity contribution in [3.05, 3.63) is 0 Å². The normalized spacial score (nSPS) is 13.9. The molecular formula is C8H12F3N. The molecular weight excluding hydrogens is 167 g/mol. The van der Waals surface area contributed by atoms with Gasteiger partial charge in [-0.25, -0.2) is 0 Å². The molecule has 0 saturated carbocycles. The lowest BCUT2D eigenvalue weighted by Gasteiger charge is -2.18. The molecule has 1 unspecified atom stereocenters. The Morgan fingerprint density at radius 2 is 2.08 bits per heavy atom. The van der Waals surface area contributed by atoms with Crippen LogP contribution in [0.5, 0.6) is 0 Å². The Morgan fingerprint density at radius 1 is 1.50 bits per heavy atom. The summed E-state index contributed by atoms with van der Waals surface area (Å²) >= 11 is 0. The third kappa shape index (κ3) is 4.24. The summed E-state index contributed by atoms with van der Waals surface area (Å²) in [7, 11) is 1.30. The average Bonchev–Trinajstić information content (AvgIpc) is 1.95. The van der Waals surface area contributed by atoms with Crippen LogP contribution >= 0.6 is 0 Å². The smallest absolute Gasteiger partial charge is 0.309 e. The average molecular weight is 179 g/mol. The van der Waals surface area contributed by atoms with Crippen molar-refractivity contribution in [3.63, 3.8) is 0 Å². The van der Waals surface area contributed by atoms with E-state index in [1.807, 2.05) is 0 Å². The molecule has 0 aliphatic heterocycles. The zero-order valence-corrected chi connectivity index (χ0v) is 6.91. The molecule has 1 atom stereocenters. The van der Waals surface area contributed by atoms with Crippen molar-refractivity contribution in [3.8, 4) is 12.3 Å². The fourth-order valence-electron chi connectivity index (χ4n) is 0.880. The van der Waals surface area contributed by atoms with Crippen molar-refractivity contribution in [1.82, 2.24) is 5.32 Å². The SMILES string of the molecule is C#CCCCC(NC)C(F)(F)F. The number of nitrogens with one attached hydrogen (secondary N) is 1. The molecule has 0 spiro atoms. The number of alkyl halides is 3. The molecule has 1 N–H and O–H groups in total. The van der Waals surface area contributed by atoms with Crippen molar-refractivity contribution >= 4 is 0 Å². The van der Waals surface area contributed by atoms with Crippen LogP contribution in [0.2, 0.25) is 0 Å². The van der Waals surface area contributed by atoms with Crippen LogP contribution in [0.1, 0.15) is 19.3 Å². The van der Waals surface area contributed by atoms with Crippen LogP contribution in [0.3, 0.4) is 0 Å². The van der Waals surface area contributed by atoms with Crippen molar-refractivity contribution in [2.75, 3.05) is 7.05 Å². The predicted octanol–water partition coefficient (Wildman–Crippen LogP) is 1.94. The number of halogens is 3. The highest BCUT2D eigenvalue weighted by Gasteiger charge is 2.37. The topological polar surface area (TPSA) is 12.0 Å². The van der Waals surface area contributed by atoms with E-state index in [0.29, 0.717) is 12.8 Å². The van der Waals surface area contributed by atoms with Gasteiger partial charge in [0.05, 0.1) is 0 Å². The summed E-state index contributed by atoms with van der Waals surface area (Å²) in [6, 6.07) is -1.43. The molecule has 0 radical (unpaired) electrons. The molecule has 0 amide bonds. The molecule has 0 aliphatic carbocycles. The van der Waals surface area contributed by atoms with Crippen LogP contribution in [0.4, 0.5) is 13.2 Å². The summed E-state index contributed by atoms with van der Waals surface area (Å²) < 4.78 is 36.1. The van der Waals surface area contributed by atoms with E-state index in [-0.39, 0.29) is 6.42 Å². The van der Waals surface area contributed by atoms with Crippen LogP contribution in [-0.4, -0.2) is 19.3 Å². The number of hydrogen-bond acceptors (Lipinski definition) is 1. The van der Waals surface area contributed by atoms with Gasteiger partial charge in [-0.1, -0.05) is 0 Å². The minimum absolute atomic E-state index is 0.0458. The van der Waals surface area contributed by atoms with Gasteiger partial charge in [0.15, 0.2) is 0 Å². The highest BCUT2D eigenvalue weighted by Crippen LogP contribution is 2.23. The van der Waals surface area contributed by atoms with Gasteiger partial charge in [-0.05, 0) is 19.9 Å². The molecule has 70 valence electrons. The number of rotatable bonds is 4. The van der Waals surface area contributed by atoms with E-state index in [4.69, 9.17) is 6.42 Å². The summed E-state index contributed by atoms with van der Waals surface area (Å²) in [5.74, 6) is 2.30. The highest BCUT2D eigenvalue weighted by molar-refractivity contribution is 4.84. The predicted molar refractivity (Wildman–Crippen MR) is 41.6 cm³/mol. The fourth-order valence-corrected chi connectivity index (χ4v) is 0.880. The quantitative estimate of drug-likeness (QED) is 0.513. The van der Waals surface area contributed by atoms with Crippen molar-refractivity contribution in [2.45, 2.75) is 31.5 Å². The Labute approximate surface area is 70.3 Å². The van der Waals surface area contributed by atoms with E-state index in [1.165, 1.54) is 7.05 Å². The first-order valence-corrected chi connectivity index (χ1v) is 3.69. The maximum absolute atomic E-state index is 12.0. The van der Waals surface area contributed by atoms with Gasteiger partial charge in [0.25, 0.3) is 0 Å². The lowest BCUT2D eigenvalue weighted by molar-refractivity contribution is -0.156. The van der Waals surface area contributed by atoms with Crippen molar-refractivity contribution in [1.29, 1.82) is 0 Å². The molecule has 0 aromatic rings. The first-order valence-electron chi connectivity index (χ1n) is 3.69. The number of hydrogen-bond donors (Lipinski definition) is 1. The van der Waals surface area contributed by atoms with Crippen LogP contribution in [0, 0.1) is 12.3 Å². The maximum atomic E-state index is 12.0. The summed E-state index contributed by atoms with van der Waals surface area (Å²) in [6.45, 7) is 0. The van der Waals surface area contributed by atoms with Crippen LogP contribution < -0.4 is 5.32 Å². The van der Waals surface area contributed by atoms with Crippen LogP contribution in [-0.2, 0) is 0 Å². The Bertz CT molecular complexity index is 157. The Balaban J connectivity index is 3.78. The second kappa shape index (κ2) is 5.04. The Hall–Kier alpha value is -0.690. The summed E-state index contributed by atoms with van der Waals surface area (Å²) in [5.41, 5.74) is 0. The molecule has 0 bridgehead atoms. The van der Waals surface area contributed by atoms with Gasteiger partial charge in [0, 0.05) is 6.42 Å². The van der Waals surface area contributed by atoms with E-state index >= 15 is 0 Å². The third-order valence-electron chi connectivity index (χ3n) is 1.56. The zero-order valence-electron chi connectivity index (χ0n) is 6.91. The third-order valence-corrected chi connectivity index (χ3v) is 1.56. The second-order valence-corrected chi connectivity index (χ2v) is 2.48. The minimum atomic E-state index is -4.16. The van der Waals surface area contributed by atoms with Gasteiger partial charge in [-0.3, -0.25) is 0 Å². The Kier molecular flexibility index (Phi) is 4.75. The number of unbranched alkanes of at least 4 members (excludes halogenated alkanes) is 1. The first-order chi connectivity index (χ1) is 5.52. The van der Waals surface area contributed by atoms with Gasteiger partial charge in [0.2, 0.25) is 0 Å². The lowest BCUT2D eigenvalue weighted by atomic mass is 10.1. The Morgan fingerprint density at radius 3 is 2.42 bits per heavy atom. The molecule has 0 saturated heterocycles. The molecule has 0 rings (SSSR count). The molecule has 4 heteroatoms. The van der Waals surface area contributed by atoms with Crippen LogP contribution in [0.15, 0.2) is 0 Å². The minimum Gasteiger partial charge on any atom is -0.309 e. The molecule has 12 heavy (non-hydrogen) atoms. The largest absolute Gasteiger partial charge is 0.403 e. The van der Waals surface area contributed by atoms with Crippen molar-refractivity contribution < 1.29 is 13.2 Å². The standard InChI is InChI=1S/C8H12F3N/c1-3-4-5-6-7(12-2)8(9,10)11/h1,7,12H,4-6H2,2H3. The van der Waals surface area contributed by atoms with E-state index in [2.05, 4.69) is 11.2 Å². The molecule has 1 nitrogen and oxygen atoms in total. The molecule has 0 aromatic heterocycles. The molecule has 0 aromatic carbocycles. The monoisotopic (exact) mass is 179 g/mol. The fraction of sp³-hybridized carbons (Fsp3) is 0.750. The molecule has 0 heterocycles. The van der Waals surface area contributed by atoms with Crippen LogP contribution in [0.25, 0.3) is 0 Å². The number of terminal acetylenes is 1. The summed E-state index contributed by atoms with van der Waals surface area (Å²) in [6.07, 6.45) is 1.60. The van der Waals surface area contributed by atoms with Gasteiger partial charge in [0.1, 0.15) is 6.04 Å². The first kappa shape index (κ1) is 11.3. The van der Waals surface area contributed by atoms with E-state index < -0.39 is 12.2 Å². The van der Waals surface area contributed by atoms with Gasteiger partial charge in [-0.15, -0.1) is 12.3 Å². The van der Waals surface area contributed by atoms with Gasteiger partial charge in [-0.2, -0.15) is 13.2 Å². The van der Waals surface area contributed by atoms with Gasteiger partial charge >= 0.3 is 6.18 Å². The molecule has 0 aliphatic rings. The van der Waals surface area contributed by atoms with Gasteiger partial charge < -0.3 is 5.32 Å². The zero-order chi connectivity index (χ0) is 9.61. The lowest BCUT2D eigenvalue weighted by Crippen LogP contribution is -2.39. The maximum Gasteiger partial charge on any atom is 0.403 e. The van der Waals surface area contributed by atoms with Crippen molar-refractivity contribution in [2.24, 2.45) is 0 Å². The van der Waals surface area contributed by atoms with E-state index in [9.17, 15) is 13.2 Å². The summed E-state index contributed by atoms with van der Waals surface area (Å²) in [5, 5.41) is 2.21. The van der Waals surface area contributed by atoms with E-state index in [0.717, 1.165) is 0 Å². The highest BCUT2D eigenvalue weighted by atomic mass is 19.4. The molecule has 0 fully saturated rings. The van der Waals surface area contributed by atoms with E-state index in [1.54, 1.807) is 0 Å². The summed E-state index contributed by atoms with van der Waals surface area (Å²) in [4.78, 5) is 0.